The standard InChI is InChI=1S/C10H19NO2/c1-9(10(12)13)7-5-4-6-8-11(2)3/h7H,4-6,8H2,1-3H3,(H,12,13)/b9-7+. The van der Waals surface area contributed by atoms with E-state index >= 15 is 0 Å². The summed E-state index contributed by atoms with van der Waals surface area (Å²) in [4.78, 5) is 12.5. The molecule has 0 unspecified atom stereocenters. The van der Waals surface area contributed by atoms with Gasteiger partial charge < -0.3 is 10.0 Å². The zero-order valence-corrected chi connectivity index (χ0v) is 8.71. The quantitative estimate of drug-likeness (QED) is 0.506. The molecule has 0 rings (SSSR count). The van der Waals surface area contributed by atoms with Crippen molar-refractivity contribution in [3.8, 4) is 0 Å². The second-order valence-corrected chi connectivity index (χ2v) is 3.49. The van der Waals surface area contributed by atoms with Crippen LogP contribution in [0.25, 0.3) is 0 Å². The minimum absolute atomic E-state index is 0.449. The molecule has 0 heterocycles. The molecular weight excluding hydrogens is 166 g/mol. The Morgan fingerprint density at radius 3 is 2.46 bits per heavy atom. The molecule has 0 radical (unpaired) electrons. The maximum atomic E-state index is 10.4. The topological polar surface area (TPSA) is 40.5 Å². The van der Waals surface area contributed by atoms with E-state index in [2.05, 4.69) is 4.90 Å². The van der Waals surface area contributed by atoms with E-state index in [0.717, 1.165) is 25.8 Å². The van der Waals surface area contributed by atoms with Crippen molar-refractivity contribution >= 4 is 5.97 Å². The third kappa shape index (κ3) is 7.53. The predicted molar refractivity (Wildman–Crippen MR) is 53.8 cm³/mol. The monoisotopic (exact) mass is 185 g/mol. The van der Waals surface area contributed by atoms with Crippen molar-refractivity contribution in [3.63, 3.8) is 0 Å². The summed E-state index contributed by atoms with van der Waals surface area (Å²) >= 11 is 0. The predicted octanol–water partition coefficient (Wildman–Crippen LogP) is 1.75. The molecule has 0 spiro atoms. The summed E-state index contributed by atoms with van der Waals surface area (Å²) in [5.41, 5.74) is 0.449. The van der Waals surface area contributed by atoms with Crippen LogP contribution in [-0.2, 0) is 4.79 Å². The molecular formula is C10H19NO2. The molecule has 0 fully saturated rings. The largest absolute Gasteiger partial charge is 0.478 e. The fourth-order valence-corrected chi connectivity index (χ4v) is 0.978. The second-order valence-electron chi connectivity index (χ2n) is 3.49. The Hall–Kier alpha value is -0.830. The lowest BCUT2D eigenvalue weighted by Crippen LogP contribution is -2.12. The Balaban J connectivity index is 3.45. The van der Waals surface area contributed by atoms with Crippen molar-refractivity contribution in [2.24, 2.45) is 0 Å². The zero-order valence-electron chi connectivity index (χ0n) is 8.71. The van der Waals surface area contributed by atoms with Gasteiger partial charge in [-0.15, -0.1) is 0 Å². The SMILES string of the molecule is C/C(=C\CCCCN(C)C)C(=O)O. The van der Waals surface area contributed by atoms with Crippen LogP contribution in [0.4, 0.5) is 0 Å². The highest BCUT2D eigenvalue weighted by molar-refractivity contribution is 5.85. The highest BCUT2D eigenvalue weighted by Crippen LogP contribution is 2.01. The van der Waals surface area contributed by atoms with E-state index in [1.165, 1.54) is 0 Å². The van der Waals surface area contributed by atoms with Gasteiger partial charge in [-0.2, -0.15) is 0 Å². The minimum Gasteiger partial charge on any atom is -0.478 e. The van der Waals surface area contributed by atoms with Crippen LogP contribution in [0, 0.1) is 0 Å². The lowest BCUT2D eigenvalue weighted by atomic mass is 10.2. The second kappa shape index (κ2) is 6.66. The Morgan fingerprint density at radius 2 is 2.00 bits per heavy atom. The van der Waals surface area contributed by atoms with Gasteiger partial charge in [0.05, 0.1) is 0 Å². The van der Waals surface area contributed by atoms with E-state index in [0.29, 0.717) is 5.57 Å². The van der Waals surface area contributed by atoms with E-state index in [4.69, 9.17) is 5.11 Å². The van der Waals surface area contributed by atoms with Crippen molar-refractivity contribution in [2.45, 2.75) is 26.2 Å². The average Bonchev–Trinajstić information content (AvgIpc) is 2.02. The van der Waals surface area contributed by atoms with Crippen LogP contribution in [-0.4, -0.2) is 36.6 Å². The molecule has 0 saturated heterocycles. The molecule has 0 atom stereocenters. The highest BCUT2D eigenvalue weighted by atomic mass is 16.4. The van der Waals surface area contributed by atoms with Gasteiger partial charge in [-0.05, 0) is 46.8 Å². The van der Waals surface area contributed by atoms with Crippen molar-refractivity contribution in [3.05, 3.63) is 11.6 Å². The van der Waals surface area contributed by atoms with Crippen LogP contribution in [0.5, 0.6) is 0 Å². The van der Waals surface area contributed by atoms with Crippen LogP contribution < -0.4 is 0 Å². The first-order chi connectivity index (χ1) is 6.04. The molecule has 1 N–H and O–H groups in total. The Labute approximate surface area is 80.0 Å². The Bertz CT molecular complexity index is 185. The number of carbonyl (C=O) groups is 1. The summed E-state index contributed by atoms with van der Waals surface area (Å²) in [5.74, 6) is -0.812. The van der Waals surface area contributed by atoms with Gasteiger partial charge in [0.2, 0.25) is 0 Å². The number of unbranched alkanes of at least 4 members (excludes halogenated alkanes) is 2. The van der Waals surface area contributed by atoms with Crippen molar-refractivity contribution < 1.29 is 9.90 Å². The molecule has 0 aliphatic heterocycles. The van der Waals surface area contributed by atoms with Gasteiger partial charge in [-0.3, -0.25) is 0 Å². The van der Waals surface area contributed by atoms with Crippen LogP contribution >= 0.6 is 0 Å². The lowest BCUT2D eigenvalue weighted by Gasteiger charge is -2.07. The van der Waals surface area contributed by atoms with E-state index in [1.54, 1.807) is 13.0 Å². The molecule has 0 saturated carbocycles. The number of carboxylic acid groups (broad SMARTS) is 1. The number of hydrogen-bond donors (Lipinski definition) is 1. The molecule has 0 aromatic heterocycles. The van der Waals surface area contributed by atoms with Crippen molar-refractivity contribution in [1.29, 1.82) is 0 Å². The summed E-state index contributed by atoms with van der Waals surface area (Å²) in [5, 5.41) is 8.55. The van der Waals surface area contributed by atoms with Gasteiger partial charge in [-0.1, -0.05) is 6.08 Å². The summed E-state index contributed by atoms with van der Waals surface area (Å²) in [7, 11) is 4.08. The van der Waals surface area contributed by atoms with Crippen LogP contribution in [0.1, 0.15) is 26.2 Å². The molecule has 0 bridgehead atoms. The number of aliphatic carboxylic acids is 1. The number of nitrogens with zero attached hydrogens (tertiary/aromatic N) is 1. The average molecular weight is 185 g/mol. The van der Waals surface area contributed by atoms with Crippen LogP contribution in [0.2, 0.25) is 0 Å². The first-order valence-corrected chi connectivity index (χ1v) is 4.59. The van der Waals surface area contributed by atoms with E-state index in [9.17, 15) is 4.79 Å². The number of rotatable bonds is 6. The molecule has 0 amide bonds. The van der Waals surface area contributed by atoms with Gasteiger partial charge in [0, 0.05) is 5.57 Å². The van der Waals surface area contributed by atoms with Gasteiger partial charge in [0.15, 0.2) is 0 Å². The molecule has 0 aliphatic carbocycles. The third-order valence-corrected chi connectivity index (χ3v) is 1.85. The molecule has 0 aromatic carbocycles. The van der Waals surface area contributed by atoms with Gasteiger partial charge in [-0.25, -0.2) is 4.79 Å². The summed E-state index contributed by atoms with van der Waals surface area (Å²) in [6.07, 6.45) is 4.84. The fourth-order valence-electron chi connectivity index (χ4n) is 0.978. The summed E-state index contributed by atoms with van der Waals surface area (Å²) < 4.78 is 0. The highest BCUT2D eigenvalue weighted by Gasteiger charge is 1.97. The molecule has 0 aromatic rings. The third-order valence-electron chi connectivity index (χ3n) is 1.85. The number of carboxylic acids is 1. The first-order valence-electron chi connectivity index (χ1n) is 4.59. The number of allylic oxidation sites excluding steroid dienone is 1. The summed E-state index contributed by atoms with van der Waals surface area (Å²) in [6.45, 7) is 2.70. The van der Waals surface area contributed by atoms with Gasteiger partial charge in [0.1, 0.15) is 0 Å². The Morgan fingerprint density at radius 1 is 1.38 bits per heavy atom. The maximum Gasteiger partial charge on any atom is 0.330 e. The van der Waals surface area contributed by atoms with Crippen LogP contribution in [0.3, 0.4) is 0 Å². The van der Waals surface area contributed by atoms with E-state index in [1.807, 2.05) is 14.1 Å². The van der Waals surface area contributed by atoms with Gasteiger partial charge >= 0.3 is 5.97 Å². The molecule has 76 valence electrons. The van der Waals surface area contributed by atoms with Crippen LogP contribution in [0.15, 0.2) is 11.6 Å². The van der Waals surface area contributed by atoms with Crippen molar-refractivity contribution in [1.82, 2.24) is 4.90 Å². The Kier molecular flexibility index (Phi) is 6.24. The zero-order chi connectivity index (χ0) is 10.3. The van der Waals surface area contributed by atoms with Crippen molar-refractivity contribution in [2.75, 3.05) is 20.6 Å². The maximum absolute atomic E-state index is 10.4. The van der Waals surface area contributed by atoms with E-state index in [-0.39, 0.29) is 0 Å². The molecule has 0 aliphatic rings. The smallest absolute Gasteiger partial charge is 0.330 e. The normalized spacial score (nSPS) is 12.2. The molecule has 3 nitrogen and oxygen atoms in total. The molecule has 3 heteroatoms. The molecule has 13 heavy (non-hydrogen) atoms. The van der Waals surface area contributed by atoms with E-state index < -0.39 is 5.97 Å². The lowest BCUT2D eigenvalue weighted by molar-refractivity contribution is -0.132. The first kappa shape index (κ1) is 12.2. The summed E-state index contributed by atoms with van der Waals surface area (Å²) in [6, 6.07) is 0. The number of hydrogen-bond acceptors (Lipinski definition) is 2. The fraction of sp³-hybridized carbons (Fsp3) is 0.700. The van der Waals surface area contributed by atoms with Gasteiger partial charge in [0.25, 0.3) is 0 Å². The minimum atomic E-state index is -0.812.